The fourth-order valence-corrected chi connectivity index (χ4v) is 3.89. The van der Waals surface area contributed by atoms with Crippen molar-refractivity contribution in [1.82, 2.24) is 4.72 Å². The van der Waals surface area contributed by atoms with Gasteiger partial charge in [-0.25, -0.2) is 13.1 Å². The Morgan fingerprint density at radius 2 is 1.47 bits per heavy atom. The van der Waals surface area contributed by atoms with Gasteiger partial charge in [0.1, 0.15) is 0 Å². The Labute approximate surface area is 177 Å². The van der Waals surface area contributed by atoms with Crippen LogP contribution in [0.3, 0.4) is 0 Å². The van der Waals surface area contributed by atoms with Crippen molar-refractivity contribution in [1.29, 1.82) is 0 Å². The molecular weight excluding hydrogens is 400 g/mol. The van der Waals surface area contributed by atoms with Crippen molar-refractivity contribution in [2.45, 2.75) is 31.6 Å². The maximum atomic E-state index is 12.5. The number of benzene rings is 3. The van der Waals surface area contributed by atoms with E-state index in [9.17, 15) is 13.2 Å². The number of hydrogen-bond donors (Lipinski definition) is 2. The first-order valence-electron chi connectivity index (χ1n) is 9.49. The van der Waals surface area contributed by atoms with Crippen LogP contribution in [0, 0.1) is 0 Å². The van der Waals surface area contributed by atoms with Crippen LogP contribution >= 0.6 is 0 Å². The molecule has 0 aliphatic rings. The zero-order valence-corrected chi connectivity index (χ0v) is 17.5. The molecule has 0 saturated carbocycles. The van der Waals surface area contributed by atoms with Crippen LogP contribution in [0.2, 0.25) is 0 Å². The van der Waals surface area contributed by atoms with Gasteiger partial charge in [-0.15, -0.1) is 0 Å². The fraction of sp³-hybridized carbons (Fsp3) is 0.174. The van der Waals surface area contributed by atoms with Gasteiger partial charge in [-0.05, 0) is 41.0 Å². The van der Waals surface area contributed by atoms with Crippen molar-refractivity contribution in [3.05, 3.63) is 95.6 Å². The second-order valence-electron chi connectivity index (χ2n) is 6.83. The fourth-order valence-electron chi connectivity index (χ4n) is 2.87. The Kier molecular flexibility index (Phi) is 7.35. The van der Waals surface area contributed by atoms with Crippen LogP contribution in [0.15, 0.2) is 83.8 Å². The summed E-state index contributed by atoms with van der Waals surface area (Å²) in [7, 11) is -3.66. The highest BCUT2D eigenvalue weighted by Gasteiger charge is 2.13. The van der Waals surface area contributed by atoms with E-state index in [1.165, 1.54) is 19.1 Å². The molecule has 0 unspecified atom stereocenters. The predicted octanol–water partition coefficient (Wildman–Crippen LogP) is 3.84. The quantitative estimate of drug-likeness (QED) is 0.547. The van der Waals surface area contributed by atoms with Crippen molar-refractivity contribution in [2.75, 3.05) is 5.32 Å². The van der Waals surface area contributed by atoms with E-state index in [0.717, 1.165) is 16.7 Å². The van der Waals surface area contributed by atoms with Gasteiger partial charge in [0.25, 0.3) is 0 Å². The van der Waals surface area contributed by atoms with Gasteiger partial charge in [0.2, 0.25) is 15.9 Å². The van der Waals surface area contributed by atoms with E-state index < -0.39 is 10.0 Å². The lowest BCUT2D eigenvalue weighted by atomic mass is 10.1. The van der Waals surface area contributed by atoms with Gasteiger partial charge < -0.3 is 10.1 Å². The zero-order chi connectivity index (χ0) is 21.4. The number of amides is 1. The molecule has 0 saturated heterocycles. The molecule has 0 fully saturated rings. The summed E-state index contributed by atoms with van der Waals surface area (Å²) in [5.74, 6) is -0.212. The smallest absolute Gasteiger partial charge is 0.240 e. The third-order valence-electron chi connectivity index (χ3n) is 4.32. The highest BCUT2D eigenvalue weighted by Crippen LogP contribution is 2.15. The molecule has 0 atom stereocenters. The minimum atomic E-state index is -3.66. The summed E-state index contributed by atoms with van der Waals surface area (Å²) in [5, 5.41) is 2.61. The van der Waals surface area contributed by atoms with Crippen LogP contribution in [-0.4, -0.2) is 14.3 Å². The maximum Gasteiger partial charge on any atom is 0.240 e. The molecule has 3 aromatic rings. The number of nitrogens with one attached hydrogen (secondary N) is 2. The highest BCUT2D eigenvalue weighted by molar-refractivity contribution is 7.89. The summed E-state index contributed by atoms with van der Waals surface area (Å²) in [4.78, 5) is 11.2. The van der Waals surface area contributed by atoms with E-state index in [0.29, 0.717) is 18.9 Å². The van der Waals surface area contributed by atoms with Crippen LogP contribution in [-0.2, 0) is 39.3 Å². The van der Waals surface area contributed by atoms with Crippen molar-refractivity contribution >= 4 is 21.6 Å². The third-order valence-corrected chi connectivity index (χ3v) is 5.74. The zero-order valence-electron chi connectivity index (χ0n) is 16.7. The molecular formula is C23H24N2O4S. The SMILES string of the molecule is CC(=O)Nc1ccc(S(=O)(=O)NCc2cccc(COCc3ccccc3)c2)cc1. The molecule has 6 nitrogen and oxygen atoms in total. The van der Waals surface area contributed by atoms with E-state index in [2.05, 4.69) is 10.0 Å². The van der Waals surface area contributed by atoms with Gasteiger partial charge in [0.15, 0.2) is 0 Å². The Bertz CT molecular complexity index is 1080. The third kappa shape index (κ3) is 6.52. The number of anilines is 1. The lowest BCUT2D eigenvalue weighted by Crippen LogP contribution is -2.23. The van der Waals surface area contributed by atoms with E-state index >= 15 is 0 Å². The van der Waals surface area contributed by atoms with Gasteiger partial charge in [-0.3, -0.25) is 4.79 Å². The number of carbonyl (C=O) groups excluding carboxylic acids is 1. The second kappa shape index (κ2) is 10.2. The summed E-state index contributed by atoms with van der Waals surface area (Å²) >= 11 is 0. The van der Waals surface area contributed by atoms with Crippen molar-refractivity contribution in [3.8, 4) is 0 Å². The molecule has 0 heterocycles. The minimum Gasteiger partial charge on any atom is -0.372 e. The number of carbonyl (C=O) groups is 1. The van der Waals surface area contributed by atoms with E-state index in [4.69, 9.17) is 4.74 Å². The van der Waals surface area contributed by atoms with Gasteiger partial charge in [-0.2, -0.15) is 0 Å². The molecule has 30 heavy (non-hydrogen) atoms. The van der Waals surface area contributed by atoms with E-state index in [-0.39, 0.29) is 17.3 Å². The molecule has 0 aliphatic heterocycles. The summed E-state index contributed by atoms with van der Waals surface area (Å²) in [6.45, 7) is 2.53. The predicted molar refractivity (Wildman–Crippen MR) is 116 cm³/mol. The van der Waals surface area contributed by atoms with Crippen LogP contribution < -0.4 is 10.0 Å². The molecule has 2 N–H and O–H groups in total. The minimum absolute atomic E-state index is 0.138. The molecule has 1 amide bonds. The topological polar surface area (TPSA) is 84.5 Å². The summed E-state index contributed by atoms with van der Waals surface area (Å²) < 4.78 is 33.4. The molecule has 0 radical (unpaired) electrons. The first-order chi connectivity index (χ1) is 14.4. The van der Waals surface area contributed by atoms with Crippen molar-refractivity contribution < 1.29 is 17.9 Å². The van der Waals surface area contributed by atoms with Crippen LogP contribution in [0.1, 0.15) is 23.6 Å². The number of ether oxygens (including phenoxy) is 1. The summed E-state index contributed by atoms with van der Waals surface area (Å²) in [6.07, 6.45) is 0. The molecule has 0 aromatic heterocycles. The van der Waals surface area contributed by atoms with Crippen molar-refractivity contribution in [3.63, 3.8) is 0 Å². The molecule has 156 valence electrons. The van der Waals surface area contributed by atoms with Gasteiger partial charge in [-0.1, -0.05) is 54.6 Å². The Balaban J connectivity index is 1.55. The average molecular weight is 425 g/mol. The molecule has 0 bridgehead atoms. The first-order valence-corrected chi connectivity index (χ1v) is 11.0. The lowest BCUT2D eigenvalue weighted by molar-refractivity contribution is -0.114. The van der Waals surface area contributed by atoms with Crippen LogP contribution in [0.5, 0.6) is 0 Å². The second-order valence-corrected chi connectivity index (χ2v) is 8.60. The monoisotopic (exact) mass is 424 g/mol. The number of sulfonamides is 1. The lowest BCUT2D eigenvalue weighted by Gasteiger charge is -2.10. The van der Waals surface area contributed by atoms with E-state index in [1.54, 1.807) is 12.1 Å². The van der Waals surface area contributed by atoms with Gasteiger partial charge in [0, 0.05) is 19.2 Å². The largest absolute Gasteiger partial charge is 0.372 e. The first kappa shape index (κ1) is 21.7. The maximum absolute atomic E-state index is 12.5. The van der Waals surface area contributed by atoms with Crippen molar-refractivity contribution in [2.24, 2.45) is 0 Å². The highest BCUT2D eigenvalue weighted by atomic mass is 32.2. The Hall–Kier alpha value is -3.00. The molecule has 7 heteroatoms. The Morgan fingerprint density at radius 3 is 2.17 bits per heavy atom. The van der Waals surface area contributed by atoms with E-state index in [1.807, 2.05) is 54.6 Å². The molecule has 3 rings (SSSR count). The summed E-state index contributed by atoms with van der Waals surface area (Å²) in [6, 6.07) is 23.6. The molecule has 0 spiro atoms. The molecule has 0 aliphatic carbocycles. The van der Waals surface area contributed by atoms with Gasteiger partial charge in [0.05, 0.1) is 18.1 Å². The summed E-state index contributed by atoms with van der Waals surface area (Å²) in [5.41, 5.74) is 3.46. The number of hydrogen-bond acceptors (Lipinski definition) is 4. The average Bonchev–Trinajstić information content (AvgIpc) is 2.73. The standard InChI is InChI=1S/C23H24N2O4S/c1-18(26)25-22-10-12-23(13-11-22)30(27,28)24-15-20-8-5-9-21(14-20)17-29-16-19-6-3-2-4-7-19/h2-14,24H,15-17H2,1H3,(H,25,26). The molecule has 3 aromatic carbocycles. The Morgan fingerprint density at radius 1 is 0.833 bits per heavy atom. The van der Waals surface area contributed by atoms with Crippen LogP contribution in [0.4, 0.5) is 5.69 Å². The normalized spacial score (nSPS) is 11.2. The van der Waals surface area contributed by atoms with Gasteiger partial charge >= 0.3 is 0 Å². The van der Waals surface area contributed by atoms with Crippen LogP contribution in [0.25, 0.3) is 0 Å². The number of rotatable bonds is 9.